The molecule has 0 fully saturated rings. The summed E-state index contributed by atoms with van der Waals surface area (Å²) in [6.45, 7) is 3.88. The Bertz CT molecular complexity index is 874. The van der Waals surface area contributed by atoms with E-state index in [2.05, 4.69) is 31.5 Å². The monoisotopic (exact) mass is 401 g/mol. The second-order valence-corrected chi connectivity index (χ2v) is 7.30. The molecule has 0 unspecified atom stereocenters. The number of halogens is 1. The van der Waals surface area contributed by atoms with Crippen molar-refractivity contribution < 1.29 is 4.79 Å². The van der Waals surface area contributed by atoms with E-state index in [0.29, 0.717) is 15.7 Å². The largest absolute Gasteiger partial charge is 0.332 e. The van der Waals surface area contributed by atoms with Gasteiger partial charge in [-0.05, 0) is 44.2 Å². The zero-order valence-corrected chi connectivity index (χ0v) is 15.7. The molecule has 0 bridgehead atoms. The first kappa shape index (κ1) is 16.7. The molecule has 2 N–H and O–H groups in total. The van der Waals surface area contributed by atoms with Crippen molar-refractivity contribution in [3.05, 3.63) is 69.1 Å². The Labute approximate surface area is 153 Å². The van der Waals surface area contributed by atoms with Crippen molar-refractivity contribution in [3.63, 3.8) is 0 Å². The fraction of sp³-hybridized carbons (Fsp3) is 0.111. The van der Waals surface area contributed by atoms with Gasteiger partial charge in [0, 0.05) is 15.8 Å². The third kappa shape index (κ3) is 4.01. The van der Waals surface area contributed by atoms with Gasteiger partial charge in [0.15, 0.2) is 5.13 Å². The smallest absolute Gasteiger partial charge is 0.267 e. The third-order valence-corrected chi connectivity index (χ3v) is 4.95. The third-order valence-electron chi connectivity index (χ3n) is 3.39. The first-order chi connectivity index (χ1) is 11.5. The number of hydrogen-bond acceptors (Lipinski definition) is 4. The number of carbonyl (C=O) groups is 1. The Kier molecular flexibility index (Phi) is 4.97. The molecule has 3 rings (SSSR count). The fourth-order valence-corrected chi connectivity index (χ4v) is 3.46. The van der Waals surface area contributed by atoms with Crippen LogP contribution in [-0.4, -0.2) is 10.9 Å². The number of nitrogens with one attached hydrogen (secondary N) is 2. The van der Waals surface area contributed by atoms with E-state index in [0.717, 1.165) is 15.8 Å². The lowest BCUT2D eigenvalue weighted by Gasteiger charge is -2.04. The Morgan fingerprint density at radius 1 is 1.08 bits per heavy atom. The SMILES string of the molecule is Cc1ccc(Nc2nc(C)c(C(=O)Nc3cccc(Br)c3)s2)cc1. The summed E-state index contributed by atoms with van der Waals surface area (Å²) < 4.78 is 0.919. The number of carbonyl (C=O) groups excluding carboxylic acids is 1. The zero-order valence-electron chi connectivity index (χ0n) is 13.3. The lowest BCUT2D eigenvalue weighted by Crippen LogP contribution is -2.11. The topological polar surface area (TPSA) is 54.0 Å². The molecule has 122 valence electrons. The molecule has 1 amide bonds. The summed E-state index contributed by atoms with van der Waals surface area (Å²) in [5.74, 6) is -0.153. The van der Waals surface area contributed by atoms with Gasteiger partial charge < -0.3 is 10.6 Å². The minimum Gasteiger partial charge on any atom is -0.332 e. The molecule has 4 nitrogen and oxygen atoms in total. The van der Waals surface area contributed by atoms with Gasteiger partial charge >= 0.3 is 0 Å². The summed E-state index contributed by atoms with van der Waals surface area (Å²) >= 11 is 4.74. The summed E-state index contributed by atoms with van der Waals surface area (Å²) in [5, 5.41) is 6.84. The maximum absolute atomic E-state index is 12.5. The van der Waals surface area contributed by atoms with Crippen molar-refractivity contribution in [2.45, 2.75) is 13.8 Å². The van der Waals surface area contributed by atoms with Crippen LogP contribution in [0.15, 0.2) is 53.0 Å². The van der Waals surface area contributed by atoms with Crippen LogP contribution in [0.1, 0.15) is 20.9 Å². The van der Waals surface area contributed by atoms with Gasteiger partial charge in [-0.15, -0.1) is 0 Å². The van der Waals surface area contributed by atoms with Gasteiger partial charge in [0.1, 0.15) is 4.88 Å². The number of amides is 1. The fourth-order valence-electron chi connectivity index (χ4n) is 2.18. The lowest BCUT2D eigenvalue weighted by atomic mass is 10.2. The van der Waals surface area contributed by atoms with E-state index in [1.807, 2.05) is 62.4 Å². The number of benzene rings is 2. The Morgan fingerprint density at radius 3 is 2.54 bits per heavy atom. The predicted molar refractivity (Wildman–Crippen MR) is 103 cm³/mol. The molecular weight excluding hydrogens is 386 g/mol. The molecule has 0 aliphatic heterocycles. The molecule has 0 aliphatic rings. The van der Waals surface area contributed by atoms with E-state index in [4.69, 9.17) is 0 Å². The van der Waals surface area contributed by atoms with Crippen LogP contribution >= 0.6 is 27.3 Å². The highest BCUT2D eigenvalue weighted by atomic mass is 79.9. The van der Waals surface area contributed by atoms with E-state index < -0.39 is 0 Å². The van der Waals surface area contributed by atoms with Crippen LogP contribution < -0.4 is 10.6 Å². The van der Waals surface area contributed by atoms with Crippen LogP contribution in [0.4, 0.5) is 16.5 Å². The predicted octanol–water partition coefficient (Wildman–Crippen LogP) is 5.52. The number of aromatic nitrogens is 1. The highest BCUT2D eigenvalue weighted by molar-refractivity contribution is 9.10. The van der Waals surface area contributed by atoms with E-state index in [1.165, 1.54) is 16.9 Å². The number of aryl methyl sites for hydroxylation is 2. The second kappa shape index (κ2) is 7.15. The minimum absolute atomic E-state index is 0.153. The molecule has 3 aromatic rings. The molecule has 0 radical (unpaired) electrons. The Morgan fingerprint density at radius 2 is 1.83 bits per heavy atom. The molecule has 0 atom stereocenters. The molecule has 24 heavy (non-hydrogen) atoms. The zero-order chi connectivity index (χ0) is 17.1. The van der Waals surface area contributed by atoms with Crippen molar-refractivity contribution in [2.24, 2.45) is 0 Å². The van der Waals surface area contributed by atoms with Crippen LogP contribution in [0.25, 0.3) is 0 Å². The number of nitrogens with zero attached hydrogens (tertiary/aromatic N) is 1. The van der Waals surface area contributed by atoms with Crippen LogP contribution in [0, 0.1) is 13.8 Å². The highest BCUT2D eigenvalue weighted by Gasteiger charge is 2.15. The maximum Gasteiger partial charge on any atom is 0.267 e. The van der Waals surface area contributed by atoms with E-state index in [-0.39, 0.29) is 5.91 Å². The van der Waals surface area contributed by atoms with Crippen LogP contribution in [0.2, 0.25) is 0 Å². The highest BCUT2D eigenvalue weighted by Crippen LogP contribution is 2.27. The normalized spacial score (nSPS) is 10.5. The molecule has 0 spiro atoms. The quantitative estimate of drug-likeness (QED) is 0.604. The lowest BCUT2D eigenvalue weighted by molar-refractivity contribution is 0.103. The molecule has 1 heterocycles. The van der Waals surface area contributed by atoms with Crippen LogP contribution in [0.5, 0.6) is 0 Å². The van der Waals surface area contributed by atoms with Crippen molar-refractivity contribution in [3.8, 4) is 0 Å². The first-order valence-corrected chi connectivity index (χ1v) is 9.00. The Balaban J connectivity index is 1.75. The number of hydrogen-bond donors (Lipinski definition) is 2. The standard InChI is InChI=1S/C18H16BrN3OS/c1-11-6-8-14(9-7-11)22-18-20-12(2)16(24-18)17(23)21-15-5-3-4-13(19)10-15/h3-10H,1-2H3,(H,20,22)(H,21,23). The molecule has 1 aromatic heterocycles. The number of rotatable bonds is 4. The summed E-state index contributed by atoms with van der Waals surface area (Å²) in [5.41, 5.74) is 3.61. The second-order valence-electron chi connectivity index (χ2n) is 5.39. The first-order valence-electron chi connectivity index (χ1n) is 7.39. The molecule has 2 aromatic carbocycles. The Hall–Kier alpha value is -2.18. The van der Waals surface area contributed by atoms with Crippen molar-refractivity contribution in [1.82, 2.24) is 4.98 Å². The summed E-state index contributed by atoms with van der Waals surface area (Å²) in [6, 6.07) is 15.6. The molecule has 0 aliphatic carbocycles. The average Bonchev–Trinajstić information content (AvgIpc) is 2.90. The molecule has 0 saturated heterocycles. The molecular formula is C18H16BrN3OS. The van der Waals surface area contributed by atoms with Gasteiger partial charge in [-0.3, -0.25) is 4.79 Å². The van der Waals surface area contributed by atoms with Crippen molar-refractivity contribution >= 4 is 49.7 Å². The van der Waals surface area contributed by atoms with Gasteiger partial charge in [0.25, 0.3) is 5.91 Å². The minimum atomic E-state index is -0.153. The number of thiazole rings is 1. The van der Waals surface area contributed by atoms with Gasteiger partial charge in [-0.2, -0.15) is 0 Å². The van der Waals surface area contributed by atoms with Crippen molar-refractivity contribution in [1.29, 1.82) is 0 Å². The van der Waals surface area contributed by atoms with Gasteiger partial charge in [0.05, 0.1) is 5.69 Å². The van der Waals surface area contributed by atoms with Crippen LogP contribution in [0.3, 0.4) is 0 Å². The van der Waals surface area contributed by atoms with Gasteiger partial charge in [-0.1, -0.05) is 51.0 Å². The number of anilines is 3. The van der Waals surface area contributed by atoms with Crippen LogP contribution in [-0.2, 0) is 0 Å². The maximum atomic E-state index is 12.5. The molecule has 0 saturated carbocycles. The van der Waals surface area contributed by atoms with Gasteiger partial charge in [0.2, 0.25) is 0 Å². The van der Waals surface area contributed by atoms with Gasteiger partial charge in [-0.25, -0.2) is 4.98 Å². The van der Waals surface area contributed by atoms with E-state index in [9.17, 15) is 4.79 Å². The molecule has 6 heteroatoms. The summed E-state index contributed by atoms with van der Waals surface area (Å²) in [4.78, 5) is 17.5. The van der Waals surface area contributed by atoms with E-state index in [1.54, 1.807) is 0 Å². The van der Waals surface area contributed by atoms with Crippen molar-refractivity contribution in [2.75, 3.05) is 10.6 Å². The van der Waals surface area contributed by atoms with E-state index >= 15 is 0 Å². The average molecular weight is 402 g/mol. The summed E-state index contributed by atoms with van der Waals surface area (Å²) in [6.07, 6.45) is 0. The summed E-state index contributed by atoms with van der Waals surface area (Å²) in [7, 11) is 0.